The van der Waals surface area contributed by atoms with Crippen molar-refractivity contribution in [3.05, 3.63) is 34.6 Å². The molecule has 0 aromatic heterocycles. The molecule has 2 atom stereocenters. The molecule has 1 fully saturated rings. The molecule has 1 amide bonds. The van der Waals surface area contributed by atoms with Crippen LogP contribution < -0.4 is 5.32 Å². The molecule has 19 heavy (non-hydrogen) atoms. The number of amides is 1. The molecule has 1 aromatic rings. The second-order valence-corrected chi connectivity index (χ2v) is 5.60. The minimum atomic E-state index is -0.667. The van der Waals surface area contributed by atoms with Gasteiger partial charge >= 0.3 is 0 Å². The number of hydrogen-bond donors (Lipinski definition) is 1. The highest BCUT2D eigenvalue weighted by Gasteiger charge is 2.27. The van der Waals surface area contributed by atoms with Crippen LogP contribution in [0.4, 0.5) is 4.39 Å². The lowest BCUT2D eigenvalue weighted by molar-refractivity contribution is 0.0907. The zero-order valence-electron chi connectivity index (χ0n) is 10.5. The van der Waals surface area contributed by atoms with Crippen LogP contribution in [0.25, 0.3) is 0 Å². The maximum atomic E-state index is 13.8. The summed E-state index contributed by atoms with van der Waals surface area (Å²) < 4.78 is 13.8. The van der Waals surface area contributed by atoms with Crippen LogP contribution in [0.2, 0.25) is 5.02 Å². The number of carbonyl (C=O) groups is 1. The second kappa shape index (κ2) is 6.58. The Labute approximate surface area is 122 Å². The topological polar surface area (TPSA) is 29.1 Å². The lowest BCUT2D eigenvalue weighted by atomic mass is 9.85. The van der Waals surface area contributed by atoms with E-state index in [1.54, 1.807) is 6.07 Å². The van der Waals surface area contributed by atoms with Crippen molar-refractivity contribution in [2.75, 3.05) is 5.88 Å². The van der Waals surface area contributed by atoms with E-state index in [0.717, 1.165) is 25.7 Å². The summed E-state index contributed by atoms with van der Waals surface area (Å²) in [6.07, 6.45) is 4.10. The summed E-state index contributed by atoms with van der Waals surface area (Å²) in [7, 11) is 0. The molecule has 0 spiro atoms. The Kier molecular flexibility index (Phi) is 5.06. The molecule has 1 saturated carbocycles. The fourth-order valence-electron chi connectivity index (χ4n) is 2.51. The first-order valence-corrected chi connectivity index (χ1v) is 7.35. The number of rotatable bonds is 3. The molecule has 2 nitrogen and oxygen atoms in total. The highest BCUT2D eigenvalue weighted by atomic mass is 35.5. The number of carbonyl (C=O) groups excluding carboxylic acids is 1. The standard InChI is InChI=1S/C14H16Cl2FNO/c15-8-9-4-1-2-7-12(9)18-14(19)10-5-3-6-11(16)13(10)17/h3,5-6,9,12H,1-2,4,7-8H2,(H,18,19). The van der Waals surface area contributed by atoms with Gasteiger partial charge in [-0.2, -0.15) is 0 Å². The van der Waals surface area contributed by atoms with Gasteiger partial charge in [-0.25, -0.2) is 4.39 Å². The normalized spacial score (nSPS) is 23.1. The van der Waals surface area contributed by atoms with Crippen LogP contribution in [-0.2, 0) is 0 Å². The largest absolute Gasteiger partial charge is 0.349 e. The number of benzene rings is 1. The summed E-state index contributed by atoms with van der Waals surface area (Å²) in [6, 6.07) is 4.46. The van der Waals surface area contributed by atoms with Crippen LogP contribution in [0.1, 0.15) is 36.0 Å². The molecule has 0 aliphatic heterocycles. The maximum absolute atomic E-state index is 13.8. The molecule has 5 heteroatoms. The maximum Gasteiger partial charge on any atom is 0.254 e. The van der Waals surface area contributed by atoms with Crippen molar-refractivity contribution in [3.8, 4) is 0 Å². The summed E-state index contributed by atoms with van der Waals surface area (Å²) in [6.45, 7) is 0. The van der Waals surface area contributed by atoms with Gasteiger partial charge in [-0.1, -0.05) is 30.5 Å². The van der Waals surface area contributed by atoms with Gasteiger partial charge in [-0.05, 0) is 30.9 Å². The summed E-state index contributed by atoms with van der Waals surface area (Å²) >= 11 is 11.6. The van der Waals surface area contributed by atoms with E-state index >= 15 is 0 Å². The molecule has 0 bridgehead atoms. The molecule has 0 saturated heterocycles. The van der Waals surface area contributed by atoms with E-state index in [-0.39, 0.29) is 22.5 Å². The summed E-state index contributed by atoms with van der Waals surface area (Å²) in [5.41, 5.74) is -0.00797. The Bertz CT molecular complexity index is 467. The van der Waals surface area contributed by atoms with Crippen molar-refractivity contribution in [1.82, 2.24) is 5.32 Å². The predicted octanol–water partition coefficient (Wildman–Crippen LogP) is 4.01. The SMILES string of the molecule is O=C(NC1CCCCC1CCl)c1cccc(Cl)c1F. The van der Waals surface area contributed by atoms with Crippen LogP contribution in [0, 0.1) is 11.7 Å². The van der Waals surface area contributed by atoms with Crippen molar-refractivity contribution in [1.29, 1.82) is 0 Å². The Balaban J connectivity index is 2.09. The van der Waals surface area contributed by atoms with Gasteiger partial charge in [0.25, 0.3) is 5.91 Å². The van der Waals surface area contributed by atoms with Gasteiger partial charge in [0, 0.05) is 11.9 Å². The molecule has 1 aliphatic carbocycles. The fourth-order valence-corrected chi connectivity index (χ4v) is 3.05. The van der Waals surface area contributed by atoms with Crippen LogP contribution >= 0.6 is 23.2 Å². The molecular weight excluding hydrogens is 288 g/mol. The second-order valence-electron chi connectivity index (χ2n) is 4.88. The van der Waals surface area contributed by atoms with E-state index in [1.807, 2.05) is 0 Å². The molecule has 1 aliphatic rings. The highest BCUT2D eigenvalue weighted by molar-refractivity contribution is 6.31. The zero-order chi connectivity index (χ0) is 13.8. The number of hydrogen-bond acceptors (Lipinski definition) is 1. The summed E-state index contributed by atoms with van der Waals surface area (Å²) in [5, 5.41) is 2.85. The smallest absolute Gasteiger partial charge is 0.254 e. The van der Waals surface area contributed by atoms with E-state index in [2.05, 4.69) is 5.32 Å². The van der Waals surface area contributed by atoms with Gasteiger partial charge in [0.2, 0.25) is 0 Å². The first-order valence-electron chi connectivity index (χ1n) is 6.44. The van der Waals surface area contributed by atoms with Crippen molar-refractivity contribution in [3.63, 3.8) is 0 Å². The number of halogens is 3. The molecule has 2 unspecified atom stereocenters. The molecule has 1 N–H and O–H groups in total. The summed E-state index contributed by atoms with van der Waals surface area (Å²) in [5.74, 6) is -0.299. The third-order valence-corrected chi connectivity index (χ3v) is 4.31. The van der Waals surface area contributed by atoms with Crippen molar-refractivity contribution < 1.29 is 9.18 Å². The van der Waals surface area contributed by atoms with Crippen LogP contribution in [0.15, 0.2) is 18.2 Å². The van der Waals surface area contributed by atoms with Crippen molar-refractivity contribution >= 4 is 29.1 Å². The predicted molar refractivity (Wildman–Crippen MR) is 75.3 cm³/mol. The Morgan fingerprint density at radius 1 is 1.37 bits per heavy atom. The molecule has 104 valence electrons. The van der Waals surface area contributed by atoms with Crippen LogP contribution in [0.3, 0.4) is 0 Å². The summed E-state index contributed by atoms with van der Waals surface area (Å²) in [4.78, 5) is 12.1. The first kappa shape index (κ1) is 14.6. The molecule has 0 heterocycles. The lowest BCUT2D eigenvalue weighted by Crippen LogP contribution is -2.43. The van der Waals surface area contributed by atoms with E-state index in [9.17, 15) is 9.18 Å². The zero-order valence-corrected chi connectivity index (χ0v) is 12.0. The number of nitrogens with one attached hydrogen (secondary N) is 1. The van der Waals surface area contributed by atoms with E-state index in [1.165, 1.54) is 12.1 Å². The third kappa shape index (κ3) is 3.40. The molecule has 0 radical (unpaired) electrons. The lowest BCUT2D eigenvalue weighted by Gasteiger charge is -2.30. The molecular formula is C14H16Cl2FNO. The minimum Gasteiger partial charge on any atom is -0.349 e. The van der Waals surface area contributed by atoms with Gasteiger partial charge in [-0.3, -0.25) is 4.79 Å². The Hall–Kier alpha value is -0.800. The molecule has 2 rings (SSSR count). The van der Waals surface area contributed by atoms with E-state index in [4.69, 9.17) is 23.2 Å². The quantitative estimate of drug-likeness (QED) is 0.840. The van der Waals surface area contributed by atoms with Gasteiger partial charge in [0.05, 0.1) is 10.6 Å². The first-order chi connectivity index (χ1) is 9.13. The average Bonchev–Trinajstić information content (AvgIpc) is 2.42. The van der Waals surface area contributed by atoms with Crippen LogP contribution in [0.5, 0.6) is 0 Å². The minimum absolute atomic E-state index is 0.00797. The van der Waals surface area contributed by atoms with Gasteiger partial charge in [0.1, 0.15) is 0 Å². The van der Waals surface area contributed by atoms with Gasteiger partial charge in [0.15, 0.2) is 5.82 Å². The van der Waals surface area contributed by atoms with Gasteiger partial charge < -0.3 is 5.32 Å². The highest BCUT2D eigenvalue weighted by Crippen LogP contribution is 2.26. The van der Waals surface area contributed by atoms with Crippen LogP contribution in [-0.4, -0.2) is 17.8 Å². The van der Waals surface area contributed by atoms with E-state index < -0.39 is 11.7 Å². The molecule has 1 aromatic carbocycles. The van der Waals surface area contributed by atoms with E-state index in [0.29, 0.717) is 5.88 Å². The Morgan fingerprint density at radius 2 is 2.11 bits per heavy atom. The Morgan fingerprint density at radius 3 is 2.84 bits per heavy atom. The average molecular weight is 304 g/mol. The monoisotopic (exact) mass is 303 g/mol. The van der Waals surface area contributed by atoms with Gasteiger partial charge in [-0.15, -0.1) is 11.6 Å². The fraction of sp³-hybridized carbons (Fsp3) is 0.500. The van der Waals surface area contributed by atoms with Crippen molar-refractivity contribution in [2.45, 2.75) is 31.7 Å². The van der Waals surface area contributed by atoms with Crippen molar-refractivity contribution in [2.24, 2.45) is 5.92 Å². The number of alkyl halides is 1. The third-order valence-electron chi connectivity index (χ3n) is 3.62.